The third kappa shape index (κ3) is 3.39. The first-order chi connectivity index (χ1) is 10.7. The van der Waals surface area contributed by atoms with Gasteiger partial charge in [-0.3, -0.25) is 4.79 Å². The Morgan fingerprint density at radius 2 is 1.83 bits per heavy atom. The van der Waals surface area contributed by atoms with Gasteiger partial charge in [-0.2, -0.15) is 0 Å². The van der Waals surface area contributed by atoms with Gasteiger partial charge in [-0.15, -0.1) is 0 Å². The van der Waals surface area contributed by atoms with E-state index in [1.807, 2.05) is 36.1 Å². The second-order valence-electron chi connectivity index (χ2n) is 6.72. The molecule has 1 aromatic rings. The van der Waals surface area contributed by atoms with Crippen molar-refractivity contribution in [1.29, 1.82) is 0 Å². The lowest BCUT2D eigenvalue weighted by molar-refractivity contribution is -0.114. The number of methoxy groups -OCH3 is 1. The normalized spacial score (nSPS) is 18.8. The molecule has 0 spiro atoms. The third-order valence-corrected chi connectivity index (χ3v) is 4.28. The Bertz CT molecular complexity index is 657. The van der Waals surface area contributed by atoms with Crippen LogP contribution in [0.4, 0.5) is 0 Å². The lowest BCUT2D eigenvalue weighted by atomic mass is 9.90. The van der Waals surface area contributed by atoms with Gasteiger partial charge in [0.2, 0.25) is 0 Å². The van der Waals surface area contributed by atoms with E-state index in [9.17, 15) is 4.79 Å². The van der Waals surface area contributed by atoms with Crippen molar-refractivity contribution in [1.82, 2.24) is 10.2 Å². The largest absolute Gasteiger partial charge is 0.497 e. The molecule has 4 nitrogen and oxygen atoms in total. The summed E-state index contributed by atoms with van der Waals surface area (Å²) in [6, 6.07) is 7.47. The summed E-state index contributed by atoms with van der Waals surface area (Å²) in [7, 11) is 1.63. The van der Waals surface area contributed by atoms with Gasteiger partial charge in [-0.1, -0.05) is 12.1 Å². The highest BCUT2D eigenvalue weighted by atomic mass is 32.1. The molecule has 1 unspecified atom stereocenters. The van der Waals surface area contributed by atoms with Gasteiger partial charge in [0.25, 0.3) is 0 Å². The van der Waals surface area contributed by atoms with E-state index in [4.69, 9.17) is 17.0 Å². The fraction of sp³-hybridized carbons (Fsp3) is 0.444. The van der Waals surface area contributed by atoms with Gasteiger partial charge in [0.15, 0.2) is 10.9 Å². The molecule has 0 saturated heterocycles. The van der Waals surface area contributed by atoms with Crippen molar-refractivity contribution in [2.24, 2.45) is 0 Å². The van der Waals surface area contributed by atoms with Gasteiger partial charge in [-0.25, -0.2) is 0 Å². The van der Waals surface area contributed by atoms with Crippen LogP contribution in [-0.2, 0) is 4.79 Å². The van der Waals surface area contributed by atoms with E-state index < -0.39 is 0 Å². The molecule has 0 fully saturated rings. The molecule has 1 atom stereocenters. The highest BCUT2D eigenvalue weighted by Gasteiger charge is 2.36. The molecule has 0 saturated carbocycles. The molecule has 1 aliphatic rings. The molecule has 0 aromatic heterocycles. The zero-order chi connectivity index (χ0) is 17.4. The van der Waals surface area contributed by atoms with Crippen LogP contribution in [0, 0.1) is 0 Å². The van der Waals surface area contributed by atoms with Gasteiger partial charge >= 0.3 is 0 Å². The minimum atomic E-state index is -0.232. The summed E-state index contributed by atoms with van der Waals surface area (Å²) in [5.41, 5.74) is 2.46. The molecule has 0 aliphatic carbocycles. The molecule has 1 heterocycles. The Morgan fingerprint density at radius 1 is 1.26 bits per heavy atom. The number of allylic oxidation sites excluding steroid dienone is 1. The van der Waals surface area contributed by atoms with Crippen LogP contribution in [0.2, 0.25) is 0 Å². The topological polar surface area (TPSA) is 41.6 Å². The number of hydrogen-bond donors (Lipinski definition) is 1. The van der Waals surface area contributed by atoms with E-state index in [0.717, 1.165) is 22.6 Å². The molecule has 0 amide bonds. The summed E-state index contributed by atoms with van der Waals surface area (Å²) in [6.45, 7) is 9.81. The first-order valence-corrected chi connectivity index (χ1v) is 8.04. The van der Waals surface area contributed by atoms with Crippen molar-refractivity contribution >= 4 is 23.1 Å². The maximum absolute atomic E-state index is 12.3. The zero-order valence-corrected chi connectivity index (χ0v) is 15.4. The van der Waals surface area contributed by atoms with E-state index in [-0.39, 0.29) is 17.4 Å². The second kappa shape index (κ2) is 6.32. The summed E-state index contributed by atoms with van der Waals surface area (Å²) in [6.07, 6.45) is 0. The van der Waals surface area contributed by atoms with Crippen molar-refractivity contribution in [3.05, 3.63) is 41.1 Å². The average molecular weight is 332 g/mol. The molecular weight excluding hydrogens is 308 g/mol. The second-order valence-corrected chi connectivity index (χ2v) is 7.10. The standard InChI is InChI=1S/C18H24N2O2S/c1-11-15(12(2)21)16(13-7-9-14(22-6)10-8-13)19-17(23)20(11)18(3,4)5/h7-10,16H,1-6H3,(H,19,23). The molecular formula is C18H24N2O2S. The molecule has 0 radical (unpaired) electrons. The molecule has 1 aliphatic heterocycles. The monoisotopic (exact) mass is 332 g/mol. The number of carbonyl (C=O) groups is 1. The zero-order valence-electron chi connectivity index (χ0n) is 14.6. The van der Waals surface area contributed by atoms with Crippen LogP contribution in [0.5, 0.6) is 5.75 Å². The Labute approximate surface area is 143 Å². The molecule has 1 aromatic carbocycles. The summed E-state index contributed by atoms with van der Waals surface area (Å²) >= 11 is 5.56. The van der Waals surface area contributed by atoms with Crippen molar-refractivity contribution < 1.29 is 9.53 Å². The SMILES string of the molecule is COc1ccc(C2NC(=S)N(C(C)(C)C)C(C)=C2C(C)=O)cc1. The van der Waals surface area contributed by atoms with Crippen molar-refractivity contribution in [3.63, 3.8) is 0 Å². The Kier molecular flexibility index (Phi) is 4.80. The number of hydrogen-bond acceptors (Lipinski definition) is 3. The summed E-state index contributed by atoms with van der Waals surface area (Å²) in [5, 5.41) is 3.97. The van der Waals surface area contributed by atoms with Gasteiger partial charge in [0, 0.05) is 16.8 Å². The number of ether oxygens (including phenoxy) is 1. The van der Waals surface area contributed by atoms with Crippen molar-refractivity contribution in [3.8, 4) is 5.75 Å². The molecule has 1 N–H and O–H groups in total. The Morgan fingerprint density at radius 3 is 2.26 bits per heavy atom. The maximum atomic E-state index is 12.3. The smallest absolute Gasteiger partial charge is 0.174 e. The predicted octanol–water partition coefficient (Wildman–Crippen LogP) is 3.59. The average Bonchev–Trinajstić information content (AvgIpc) is 2.44. The number of benzene rings is 1. The molecule has 0 bridgehead atoms. The fourth-order valence-corrected chi connectivity index (χ4v) is 3.58. The summed E-state index contributed by atoms with van der Waals surface area (Å²) < 4.78 is 5.20. The van der Waals surface area contributed by atoms with Crippen LogP contribution in [0.15, 0.2) is 35.5 Å². The van der Waals surface area contributed by atoms with Crippen LogP contribution in [0.25, 0.3) is 0 Å². The quantitative estimate of drug-likeness (QED) is 0.857. The van der Waals surface area contributed by atoms with E-state index >= 15 is 0 Å². The maximum Gasteiger partial charge on any atom is 0.174 e. The lowest BCUT2D eigenvalue weighted by Crippen LogP contribution is -2.54. The first-order valence-electron chi connectivity index (χ1n) is 7.63. The predicted molar refractivity (Wildman–Crippen MR) is 96.4 cm³/mol. The van der Waals surface area contributed by atoms with E-state index in [1.165, 1.54) is 0 Å². The van der Waals surface area contributed by atoms with Crippen molar-refractivity contribution in [2.75, 3.05) is 7.11 Å². The number of Topliss-reactive ketones (excluding diaryl/α,β-unsaturated/α-hetero) is 1. The van der Waals surface area contributed by atoms with Crippen molar-refractivity contribution in [2.45, 2.75) is 46.2 Å². The van der Waals surface area contributed by atoms with Crippen LogP contribution in [0.1, 0.15) is 46.2 Å². The number of rotatable bonds is 3. The Balaban J connectivity index is 2.54. The number of ketones is 1. The van der Waals surface area contributed by atoms with Crippen LogP contribution >= 0.6 is 12.2 Å². The van der Waals surface area contributed by atoms with E-state index in [2.05, 4.69) is 26.1 Å². The fourth-order valence-electron chi connectivity index (χ4n) is 3.05. The Hall–Kier alpha value is -1.88. The third-order valence-electron chi connectivity index (χ3n) is 3.98. The van der Waals surface area contributed by atoms with E-state index in [0.29, 0.717) is 5.11 Å². The number of thiocarbonyl (C=S) groups is 1. The lowest BCUT2D eigenvalue weighted by Gasteiger charge is -2.44. The molecule has 23 heavy (non-hydrogen) atoms. The van der Waals surface area contributed by atoms with E-state index in [1.54, 1.807) is 14.0 Å². The highest BCUT2D eigenvalue weighted by Crippen LogP contribution is 2.35. The highest BCUT2D eigenvalue weighted by molar-refractivity contribution is 7.80. The van der Waals surface area contributed by atoms with Crippen LogP contribution in [-0.4, -0.2) is 28.4 Å². The van der Waals surface area contributed by atoms with Gasteiger partial charge in [0.05, 0.1) is 13.2 Å². The van der Waals surface area contributed by atoms with Gasteiger partial charge in [-0.05, 0) is 64.5 Å². The van der Waals surface area contributed by atoms with Crippen LogP contribution in [0.3, 0.4) is 0 Å². The van der Waals surface area contributed by atoms with Gasteiger partial charge < -0.3 is 15.0 Å². The molecule has 124 valence electrons. The minimum Gasteiger partial charge on any atom is -0.497 e. The first kappa shape index (κ1) is 17.5. The van der Waals surface area contributed by atoms with Gasteiger partial charge in [0.1, 0.15) is 5.75 Å². The minimum absolute atomic E-state index is 0.0487. The number of carbonyl (C=O) groups excluding carboxylic acids is 1. The molecule has 2 rings (SSSR count). The summed E-state index contributed by atoms with van der Waals surface area (Å²) in [4.78, 5) is 14.3. The van der Waals surface area contributed by atoms with Crippen LogP contribution < -0.4 is 10.1 Å². The molecule has 5 heteroatoms. The number of nitrogens with zero attached hydrogens (tertiary/aromatic N) is 1. The number of nitrogens with one attached hydrogen (secondary N) is 1. The summed E-state index contributed by atoms with van der Waals surface area (Å²) in [5.74, 6) is 0.834.